The van der Waals surface area contributed by atoms with E-state index in [1.54, 1.807) is 0 Å². The molecule has 0 radical (unpaired) electrons. The maximum Gasteiger partial charge on any atom is 0.157 e. The first-order chi connectivity index (χ1) is 8.53. The second-order valence-corrected chi connectivity index (χ2v) is 5.23. The number of rotatable bonds is 4. The van der Waals surface area contributed by atoms with Gasteiger partial charge in [-0.25, -0.2) is 0 Å². The van der Waals surface area contributed by atoms with Crippen LogP contribution >= 0.6 is 0 Å². The van der Waals surface area contributed by atoms with Crippen LogP contribution in [0.4, 0.5) is 5.82 Å². The van der Waals surface area contributed by atoms with Crippen LogP contribution in [0.25, 0.3) is 10.8 Å². The van der Waals surface area contributed by atoms with E-state index in [1.165, 1.54) is 0 Å². The molecule has 0 saturated heterocycles. The zero-order chi connectivity index (χ0) is 13.2. The van der Waals surface area contributed by atoms with Gasteiger partial charge in [0.15, 0.2) is 5.82 Å². The topological polar surface area (TPSA) is 63.8 Å². The SMILES string of the molecule is Cc1nnc(NC(C)(C)CCN)c2ccccc12. The smallest absolute Gasteiger partial charge is 0.157 e. The molecule has 0 bridgehead atoms. The lowest BCUT2D eigenvalue weighted by molar-refractivity contribution is 0.524. The minimum Gasteiger partial charge on any atom is -0.363 e. The monoisotopic (exact) mass is 244 g/mol. The Bertz CT molecular complexity index is 548. The highest BCUT2D eigenvalue weighted by Gasteiger charge is 2.18. The Morgan fingerprint density at radius 2 is 1.83 bits per heavy atom. The van der Waals surface area contributed by atoms with Crippen molar-refractivity contribution < 1.29 is 0 Å². The molecule has 3 N–H and O–H groups in total. The quantitative estimate of drug-likeness (QED) is 0.867. The van der Waals surface area contributed by atoms with E-state index >= 15 is 0 Å². The van der Waals surface area contributed by atoms with Gasteiger partial charge in [-0.3, -0.25) is 0 Å². The predicted octanol–water partition coefficient (Wildman–Crippen LogP) is 2.48. The summed E-state index contributed by atoms with van der Waals surface area (Å²) in [6.45, 7) is 6.87. The van der Waals surface area contributed by atoms with Crippen molar-refractivity contribution in [3.05, 3.63) is 30.0 Å². The fraction of sp³-hybridized carbons (Fsp3) is 0.429. The summed E-state index contributed by atoms with van der Waals surface area (Å²) in [4.78, 5) is 0. The lowest BCUT2D eigenvalue weighted by Crippen LogP contribution is -2.34. The van der Waals surface area contributed by atoms with E-state index in [9.17, 15) is 0 Å². The Hall–Kier alpha value is -1.68. The molecule has 18 heavy (non-hydrogen) atoms. The number of aryl methyl sites for hydroxylation is 1. The molecule has 1 aromatic heterocycles. The molecule has 0 aliphatic rings. The predicted molar refractivity (Wildman–Crippen MR) is 75.6 cm³/mol. The first kappa shape index (κ1) is 12.8. The number of nitrogens with zero attached hydrogens (tertiary/aromatic N) is 2. The zero-order valence-corrected chi connectivity index (χ0v) is 11.2. The Morgan fingerprint density at radius 1 is 1.17 bits per heavy atom. The number of nitrogens with two attached hydrogens (primary N) is 1. The van der Waals surface area contributed by atoms with E-state index in [-0.39, 0.29) is 5.54 Å². The Morgan fingerprint density at radius 3 is 2.50 bits per heavy atom. The molecule has 4 nitrogen and oxygen atoms in total. The highest BCUT2D eigenvalue weighted by Crippen LogP contribution is 2.25. The largest absolute Gasteiger partial charge is 0.363 e. The van der Waals surface area contributed by atoms with Crippen LogP contribution in [0.1, 0.15) is 26.0 Å². The lowest BCUT2D eigenvalue weighted by atomic mass is 10.0. The summed E-state index contributed by atoms with van der Waals surface area (Å²) < 4.78 is 0. The molecule has 0 fully saturated rings. The molecule has 96 valence electrons. The van der Waals surface area contributed by atoms with Gasteiger partial charge in [0.05, 0.1) is 5.69 Å². The van der Waals surface area contributed by atoms with Crippen LogP contribution < -0.4 is 11.1 Å². The van der Waals surface area contributed by atoms with Crippen LogP contribution in [0.3, 0.4) is 0 Å². The molecule has 0 atom stereocenters. The van der Waals surface area contributed by atoms with Gasteiger partial charge in [-0.1, -0.05) is 24.3 Å². The molecule has 4 heteroatoms. The van der Waals surface area contributed by atoms with Gasteiger partial charge in [-0.15, -0.1) is 5.10 Å². The fourth-order valence-electron chi connectivity index (χ4n) is 2.07. The van der Waals surface area contributed by atoms with Crippen molar-refractivity contribution in [1.29, 1.82) is 0 Å². The van der Waals surface area contributed by atoms with Crippen LogP contribution in [-0.2, 0) is 0 Å². The van der Waals surface area contributed by atoms with Gasteiger partial charge in [0.1, 0.15) is 0 Å². The number of hydrogen-bond donors (Lipinski definition) is 2. The molecular formula is C14H20N4. The van der Waals surface area contributed by atoms with Gasteiger partial charge in [0, 0.05) is 16.3 Å². The van der Waals surface area contributed by atoms with Crippen LogP contribution in [0.2, 0.25) is 0 Å². The van der Waals surface area contributed by atoms with Crippen molar-refractivity contribution >= 4 is 16.6 Å². The van der Waals surface area contributed by atoms with Gasteiger partial charge in [-0.2, -0.15) is 5.10 Å². The van der Waals surface area contributed by atoms with Gasteiger partial charge in [0.2, 0.25) is 0 Å². The van der Waals surface area contributed by atoms with Crippen molar-refractivity contribution in [2.24, 2.45) is 5.73 Å². The highest BCUT2D eigenvalue weighted by molar-refractivity contribution is 5.93. The maximum absolute atomic E-state index is 5.63. The number of benzene rings is 1. The van der Waals surface area contributed by atoms with E-state index in [0.29, 0.717) is 6.54 Å². The van der Waals surface area contributed by atoms with Crippen molar-refractivity contribution in [3.63, 3.8) is 0 Å². The minimum absolute atomic E-state index is 0.0819. The maximum atomic E-state index is 5.63. The van der Waals surface area contributed by atoms with Crippen molar-refractivity contribution in [2.75, 3.05) is 11.9 Å². The normalized spacial score (nSPS) is 11.8. The highest BCUT2D eigenvalue weighted by atomic mass is 15.2. The molecule has 0 spiro atoms. The summed E-state index contributed by atoms with van der Waals surface area (Å²) >= 11 is 0. The van der Waals surface area contributed by atoms with E-state index in [1.807, 2.05) is 19.1 Å². The number of fused-ring (bicyclic) bond motifs is 1. The molecule has 2 aromatic rings. The van der Waals surface area contributed by atoms with Crippen molar-refractivity contribution in [1.82, 2.24) is 10.2 Å². The third kappa shape index (κ3) is 2.59. The van der Waals surface area contributed by atoms with E-state index < -0.39 is 0 Å². The molecule has 2 rings (SSSR count). The Kier molecular flexibility index (Phi) is 3.48. The standard InChI is InChI=1S/C14H20N4/c1-10-11-6-4-5-7-12(11)13(18-17-10)16-14(2,3)8-9-15/h4-7H,8-9,15H2,1-3H3,(H,16,18). The van der Waals surface area contributed by atoms with E-state index in [0.717, 1.165) is 28.7 Å². The molecule has 0 aliphatic heterocycles. The van der Waals surface area contributed by atoms with Gasteiger partial charge in [-0.05, 0) is 33.7 Å². The molecular weight excluding hydrogens is 224 g/mol. The number of hydrogen-bond acceptors (Lipinski definition) is 4. The average Bonchev–Trinajstić information content (AvgIpc) is 2.33. The average molecular weight is 244 g/mol. The van der Waals surface area contributed by atoms with Crippen molar-refractivity contribution in [3.8, 4) is 0 Å². The van der Waals surface area contributed by atoms with E-state index in [4.69, 9.17) is 5.73 Å². The first-order valence-corrected chi connectivity index (χ1v) is 6.24. The van der Waals surface area contributed by atoms with Gasteiger partial charge in [0.25, 0.3) is 0 Å². The van der Waals surface area contributed by atoms with Crippen LogP contribution in [0.5, 0.6) is 0 Å². The number of anilines is 1. The second-order valence-electron chi connectivity index (χ2n) is 5.23. The van der Waals surface area contributed by atoms with Crippen LogP contribution in [0.15, 0.2) is 24.3 Å². The van der Waals surface area contributed by atoms with Crippen LogP contribution in [0, 0.1) is 6.92 Å². The van der Waals surface area contributed by atoms with Gasteiger partial charge < -0.3 is 11.1 Å². The minimum atomic E-state index is -0.0819. The fourth-order valence-corrected chi connectivity index (χ4v) is 2.07. The first-order valence-electron chi connectivity index (χ1n) is 6.24. The van der Waals surface area contributed by atoms with Crippen LogP contribution in [-0.4, -0.2) is 22.3 Å². The Labute approximate surface area is 108 Å². The molecule has 0 unspecified atom stereocenters. The number of nitrogens with one attached hydrogen (secondary N) is 1. The molecule has 0 saturated carbocycles. The molecule has 0 amide bonds. The summed E-state index contributed by atoms with van der Waals surface area (Å²) in [6, 6.07) is 8.18. The summed E-state index contributed by atoms with van der Waals surface area (Å²) in [7, 11) is 0. The summed E-state index contributed by atoms with van der Waals surface area (Å²) in [5.74, 6) is 0.828. The zero-order valence-electron chi connectivity index (χ0n) is 11.2. The van der Waals surface area contributed by atoms with E-state index in [2.05, 4.69) is 41.5 Å². The third-order valence-corrected chi connectivity index (χ3v) is 3.10. The summed E-state index contributed by atoms with van der Waals surface area (Å²) in [5.41, 5.74) is 6.50. The van der Waals surface area contributed by atoms with Crippen molar-refractivity contribution in [2.45, 2.75) is 32.7 Å². The molecule has 0 aliphatic carbocycles. The second kappa shape index (κ2) is 4.90. The summed E-state index contributed by atoms with van der Waals surface area (Å²) in [5, 5.41) is 14.2. The summed E-state index contributed by atoms with van der Waals surface area (Å²) in [6.07, 6.45) is 0.886. The van der Waals surface area contributed by atoms with Gasteiger partial charge >= 0.3 is 0 Å². The number of aromatic nitrogens is 2. The molecule has 1 heterocycles. The molecule has 1 aromatic carbocycles. The Balaban J connectivity index is 2.43. The third-order valence-electron chi connectivity index (χ3n) is 3.10. The lowest BCUT2D eigenvalue weighted by Gasteiger charge is -2.26.